The minimum absolute atomic E-state index is 0. The van der Waals surface area contributed by atoms with Gasteiger partial charge in [0.2, 0.25) is 5.91 Å². The Morgan fingerprint density at radius 1 is 1.32 bits per heavy atom. The fourth-order valence-electron chi connectivity index (χ4n) is 4.58. The monoisotopic (exact) mass is 502 g/mol. The predicted octanol–water partition coefficient (Wildman–Crippen LogP) is 2.23. The topological polar surface area (TPSA) is 74.6 Å². The number of aliphatic imine (C=N–C) groups is 1. The Bertz CT molecular complexity index is 716. The summed E-state index contributed by atoms with van der Waals surface area (Å²) in [5.74, 6) is 1.15. The number of aromatic nitrogens is 2. The van der Waals surface area contributed by atoms with Crippen LogP contribution in [0.2, 0.25) is 0 Å². The molecule has 2 aliphatic rings. The molecule has 7 nitrogen and oxygen atoms in total. The Hall–Kier alpha value is -1.32. The molecule has 3 heterocycles. The fourth-order valence-corrected chi connectivity index (χ4v) is 4.58. The highest BCUT2D eigenvalue weighted by Gasteiger charge is 2.42. The van der Waals surface area contributed by atoms with Crippen molar-refractivity contribution in [2.24, 2.45) is 17.5 Å². The number of halogens is 1. The lowest BCUT2D eigenvalue weighted by Gasteiger charge is -2.40. The van der Waals surface area contributed by atoms with Gasteiger partial charge in [-0.25, -0.2) is 4.99 Å². The second-order valence-electron chi connectivity index (χ2n) is 7.85. The Balaban J connectivity index is 0.00000280. The van der Waals surface area contributed by atoms with Crippen LogP contribution in [0.4, 0.5) is 0 Å². The Kier molecular flexibility index (Phi) is 8.15. The number of aryl methyl sites for hydroxylation is 2. The normalized spacial score (nSPS) is 22.4. The number of piperidine rings is 1. The van der Waals surface area contributed by atoms with E-state index >= 15 is 0 Å². The van der Waals surface area contributed by atoms with Crippen molar-refractivity contribution < 1.29 is 4.79 Å². The van der Waals surface area contributed by atoms with E-state index < -0.39 is 0 Å². The number of guanidine groups is 1. The fraction of sp³-hybridized carbons (Fsp3) is 0.750. The molecule has 3 rings (SSSR count). The maximum Gasteiger partial charge on any atom is 0.220 e. The number of nitrogens with zero attached hydrogens (tertiary/aromatic N) is 4. The van der Waals surface area contributed by atoms with Gasteiger partial charge in [-0.15, -0.1) is 24.0 Å². The van der Waals surface area contributed by atoms with Crippen LogP contribution in [0.25, 0.3) is 0 Å². The highest BCUT2D eigenvalue weighted by molar-refractivity contribution is 14.0. The summed E-state index contributed by atoms with van der Waals surface area (Å²) in [6.07, 6.45) is 4.75. The molecule has 1 atom stereocenters. The summed E-state index contributed by atoms with van der Waals surface area (Å²) in [4.78, 5) is 19.1. The zero-order valence-electron chi connectivity index (χ0n) is 17.7. The van der Waals surface area contributed by atoms with Crippen molar-refractivity contribution in [3.63, 3.8) is 0 Å². The van der Waals surface area contributed by atoms with E-state index in [1.165, 1.54) is 11.3 Å². The largest absolute Gasteiger partial charge is 0.357 e. The lowest BCUT2D eigenvalue weighted by Crippen LogP contribution is -2.51. The summed E-state index contributed by atoms with van der Waals surface area (Å²) in [7, 11) is 2.02. The average molecular weight is 502 g/mol. The van der Waals surface area contributed by atoms with E-state index in [-0.39, 0.29) is 35.3 Å². The molecule has 1 spiro atoms. The number of carbonyl (C=O) groups is 1. The lowest BCUT2D eigenvalue weighted by atomic mass is 9.79. The molecule has 158 valence electrons. The number of amides is 1. The molecule has 0 aromatic carbocycles. The number of rotatable bonds is 5. The van der Waals surface area contributed by atoms with Gasteiger partial charge in [0.15, 0.2) is 5.96 Å². The first-order valence-electron chi connectivity index (χ1n) is 10.4. The first-order chi connectivity index (χ1) is 13.0. The van der Waals surface area contributed by atoms with E-state index in [2.05, 4.69) is 41.4 Å². The van der Waals surface area contributed by atoms with Gasteiger partial charge in [0, 0.05) is 56.3 Å². The van der Waals surface area contributed by atoms with Crippen LogP contribution in [0.3, 0.4) is 0 Å². The lowest BCUT2D eigenvalue weighted by molar-refractivity contribution is -0.119. The molecular formula is C20H35IN6O. The third-order valence-electron chi connectivity index (χ3n) is 5.91. The zero-order valence-corrected chi connectivity index (χ0v) is 20.0. The molecule has 2 saturated heterocycles. The minimum Gasteiger partial charge on any atom is -0.357 e. The maximum atomic E-state index is 11.8. The predicted molar refractivity (Wildman–Crippen MR) is 123 cm³/mol. The average Bonchev–Trinajstić information content (AvgIpc) is 3.17. The van der Waals surface area contributed by atoms with Crippen molar-refractivity contribution in [1.29, 1.82) is 0 Å². The Labute approximate surface area is 185 Å². The quantitative estimate of drug-likeness (QED) is 0.368. The van der Waals surface area contributed by atoms with E-state index in [0.717, 1.165) is 63.5 Å². The molecule has 0 saturated carbocycles. The van der Waals surface area contributed by atoms with Crippen molar-refractivity contribution in [2.45, 2.75) is 59.4 Å². The Morgan fingerprint density at radius 3 is 2.71 bits per heavy atom. The second kappa shape index (κ2) is 9.93. The molecule has 1 aromatic rings. The van der Waals surface area contributed by atoms with Crippen LogP contribution in [-0.4, -0.2) is 52.7 Å². The van der Waals surface area contributed by atoms with Crippen molar-refractivity contribution in [3.8, 4) is 0 Å². The number of hydrogen-bond acceptors (Lipinski definition) is 3. The van der Waals surface area contributed by atoms with Gasteiger partial charge in [0.05, 0.1) is 12.2 Å². The van der Waals surface area contributed by atoms with Crippen molar-refractivity contribution >= 4 is 35.8 Å². The van der Waals surface area contributed by atoms with Gasteiger partial charge in [-0.1, -0.05) is 13.8 Å². The Morgan fingerprint density at radius 2 is 2.11 bits per heavy atom. The highest BCUT2D eigenvalue weighted by atomic mass is 127. The molecule has 0 radical (unpaired) electrons. The van der Waals surface area contributed by atoms with Crippen LogP contribution in [0.1, 0.15) is 57.0 Å². The van der Waals surface area contributed by atoms with Gasteiger partial charge >= 0.3 is 0 Å². The maximum absolute atomic E-state index is 11.8. The van der Waals surface area contributed by atoms with Gasteiger partial charge in [-0.3, -0.25) is 9.48 Å². The van der Waals surface area contributed by atoms with Crippen LogP contribution in [0.5, 0.6) is 0 Å². The van der Waals surface area contributed by atoms with Crippen LogP contribution < -0.4 is 10.6 Å². The molecule has 2 fully saturated rings. The van der Waals surface area contributed by atoms with Crippen molar-refractivity contribution in [3.05, 3.63) is 17.0 Å². The van der Waals surface area contributed by atoms with Crippen molar-refractivity contribution in [1.82, 2.24) is 25.3 Å². The van der Waals surface area contributed by atoms with Gasteiger partial charge in [-0.05, 0) is 32.6 Å². The van der Waals surface area contributed by atoms with Gasteiger partial charge in [0.1, 0.15) is 0 Å². The van der Waals surface area contributed by atoms with Crippen molar-refractivity contribution in [2.75, 3.05) is 26.2 Å². The van der Waals surface area contributed by atoms with E-state index in [1.54, 1.807) is 0 Å². The molecule has 0 bridgehead atoms. The number of nitrogens with one attached hydrogen (secondary N) is 2. The first kappa shape index (κ1) is 23.0. The molecule has 1 amide bonds. The van der Waals surface area contributed by atoms with Crippen LogP contribution in [0.15, 0.2) is 4.99 Å². The highest BCUT2D eigenvalue weighted by Crippen LogP contribution is 2.36. The molecule has 2 N–H and O–H groups in total. The number of carbonyl (C=O) groups excluding carboxylic acids is 1. The third-order valence-corrected chi connectivity index (χ3v) is 5.91. The summed E-state index contributed by atoms with van der Waals surface area (Å²) in [6, 6.07) is 0. The smallest absolute Gasteiger partial charge is 0.220 e. The third kappa shape index (κ3) is 4.80. The van der Waals surface area contributed by atoms with E-state index in [4.69, 9.17) is 4.99 Å². The molecule has 0 aliphatic carbocycles. The summed E-state index contributed by atoms with van der Waals surface area (Å²) in [5, 5.41) is 11.2. The van der Waals surface area contributed by atoms with E-state index in [0.29, 0.717) is 13.0 Å². The van der Waals surface area contributed by atoms with Gasteiger partial charge in [-0.2, -0.15) is 5.10 Å². The summed E-state index contributed by atoms with van der Waals surface area (Å²) in [6.45, 7) is 10.6. The number of likely N-dealkylation sites (tertiary alicyclic amines) is 1. The standard InChI is InChI=1S/C20H34N6O.HI/c1-5-16-15(17(6-2)25(4)24-16)12-22-19(21-7-3)26-10-8-9-20(14-26)11-18(27)23-13-20;/h5-14H2,1-4H3,(H,21,22)(H,23,27);1H. The molecule has 8 heteroatoms. The van der Waals surface area contributed by atoms with Crippen LogP contribution in [-0.2, 0) is 31.2 Å². The SMILES string of the molecule is CCNC(=NCc1c(CC)nn(C)c1CC)N1CCCC2(CNC(=O)C2)C1.I. The van der Waals surface area contributed by atoms with E-state index in [1.807, 2.05) is 11.7 Å². The van der Waals surface area contributed by atoms with Crippen LogP contribution in [0, 0.1) is 5.41 Å². The molecule has 2 aliphatic heterocycles. The summed E-state index contributed by atoms with van der Waals surface area (Å²) >= 11 is 0. The molecule has 28 heavy (non-hydrogen) atoms. The minimum atomic E-state index is 0. The van der Waals surface area contributed by atoms with Crippen LogP contribution >= 0.6 is 24.0 Å². The summed E-state index contributed by atoms with van der Waals surface area (Å²) in [5.41, 5.74) is 3.76. The zero-order chi connectivity index (χ0) is 19.4. The summed E-state index contributed by atoms with van der Waals surface area (Å²) < 4.78 is 2.00. The molecular weight excluding hydrogens is 467 g/mol. The number of hydrogen-bond donors (Lipinski definition) is 2. The molecule has 1 unspecified atom stereocenters. The van der Waals surface area contributed by atoms with Gasteiger partial charge in [0.25, 0.3) is 0 Å². The van der Waals surface area contributed by atoms with E-state index in [9.17, 15) is 4.79 Å². The van der Waals surface area contributed by atoms with Gasteiger partial charge < -0.3 is 15.5 Å². The molecule has 1 aromatic heterocycles. The second-order valence-corrected chi connectivity index (χ2v) is 7.85. The first-order valence-corrected chi connectivity index (χ1v) is 10.4.